The minimum absolute atomic E-state index is 0.0989. The number of amides is 3. The minimum Gasteiger partial charge on any atom is -0.507 e. The lowest BCUT2D eigenvalue weighted by Gasteiger charge is -2.24. The van der Waals surface area contributed by atoms with E-state index in [1.165, 1.54) is 29.2 Å². The number of halogens is 1. The highest BCUT2D eigenvalue weighted by Crippen LogP contribution is 2.31. The Labute approximate surface area is 188 Å². The third-order valence-electron chi connectivity index (χ3n) is 5.45. The maximum absolute atomic E-state index is 13.1. The number of hydrazine groups is 1. The van der Waals surface area contributed by atoms with E-state index in [0.29, 0.717) is 24.8 Å². The van der Waals surface area contributed by atoms with E-state index in [2.05, 4.69) is 10.9 Å². The Morgan fingerprint density at radius 1 is 0.969 bits per heavy atom. The zero-order valence-electron chi connectivity index (χ0n) is 16.8. The van der Waals surface area contributed by atoms with E-state index in [9.17, 15) is 24.6 Å². The number of carbonyl (C=O) groups is 3. The van der Waals surface area contributed by atoms with Crippen LogP contribution in [0.3, 0.4) is 0 Å². The molecule has 0 spiro atoms. The van der Waals surface area contributed by atoms with Crippen molar-refractivity contribution in [3.63, 3.8) is 0 Å². The molecule has 1 aliphatic rings. The van der Waals surface area contributed by atoms with Crippen molar-refractivity contribution in [2.75, 3.05) is 6.54 Å². The molecule has 164 valence electrons. The Bertz CT molecular complexity index is 1230. The summed E-state index contributed by atoms with van der Waals surface area (Å²) in [5.41, 5.74) is 4.54. The average Bonchev–Trinajstić information content (AvgIpc) is 3.29. The molecule has 3 amide bonds. The zero-order chi connectivity index (χ0) is 22.8. The zero-order valence-corrected chi connectivity index (χ0v) is 17.6. The second-order valence-electron chi connectivity index (χ2n) is 7.44. The normalized spacial score (nSPS) is 15.5. The highest BCUT2D eigenvalue weighted by Gasteiger charge is 2.36. The number of aromatic hydroxyl groups is 2. The van der Waals surface area contributed by atoms with Gasteiger partial charge in [-0.05, 0) is 42.5 Å². The van der Waals surface area contributed by atoms with Crippen LogP contribution in [0.15, 0.2) is 54.6 Å². The van der Waals surface area contributed by atoms with Gasteiger partial charge in [-0.3, -0.25) is 25.2 Å². The number of hydrogen-bond donors (Lipinski definition) is 4. The molecular formula is C23H20ClN3O5. The quantitative estimate of drug-likeness (QED) is 0.454. The summed E-state index contributed by atoms with van der Waals surface area (Å²) in [4.78, 5) is 39.5. The predicted octanol–water partition coefficient (Wildman–Crippen LogP) is 2.97. The standard InChI is InChI=1S/C23H20ClN3O5/c24-14-8-10-19(28)17(12-14)21(30)25-26-22(31)18-6-3-11-27(18)23(32)16-9-7-13-4-1-2-5-15(13)20(16)29/h1-2,4-5,7-10,12,18,28-29H,3,6,11H2,(H,25,30)(H,26,31). The van der Waals surface area contributed by atoms with Crippen molar-refractivity contribution < 1.29 is 24.6 Å². The molecule has 32 heavy (non-hydrogen) atoms. The summed E-state index contributed by atoms with van der Waals surface area (Å²) < 4.78 is 0. The topological polar surface area (TPSA) is 119 Å². The summed E-state index contributed by atoms with van der Waals surface area (Å²) in [6, 6.07) is 13.6. The molecule has 9 heteroatoms. The van der Waals surface area contributed by atoms with Crippen LogP contribution in [-0.4, -0.2) is 45.4 Å². The fourth-order valence-electron chi connectivity index (χ4n) is 3.82. The van der Waals surface area contributed by atoms with E-state index >= 15 is 0 Å². The van der Waals surface area contributed by atoms with Gasteiger partial charge in [0.05, 0.1) is 11.1 Å². The van der Waals surface area contributed by atoms with Gasteiger partial charge in [0.1, 0.15) is 17.5 Å². The molecule has 1 unspecified atom stereocenters. The number of phenolic OH excluding ortho intramolecular Hbond substituents is 2. The number of carbonyl (C=O) groups excluding carboxylic acids is 3. The van der Waals surface area contributed by atoms with Crippen LogP contribution >= 0.6 is 11.6 Å². The Hall–Kier alpha value is -3.78. The lowest BCUT2D eigenvalue weighted by molar-refractivity contribution is -0.125. The number of benzene rings is 3. The second kappa shape index (κ2) is 8.76. The van der Waals surface area contributed by atoms with Crippen molar-refractivity contribution in [3.8, 4) is 11.5 Å². The number of rotatable bonds is 3. The van der Waals surface area contributed by atoms with E-state index in [0.717, 1.165) is 5.39 Å². The second-order valence-corrected chi connectivity index (χ2v) is 7.88. The van der Waals surface area contributed by atoms with Gasteiger partial charge in [0.25, 0.3) is 17.7 Å². The number of nitrogens with one attached hydrogen (secondary N) is 2. The number of hydrogen-bond acceptors (Lipinski definition) is 5. The van der Waals surface area contributed by atoms with Gasteiger partial charge in [-0.25, -0.2) is 0 Å². The van der Waals surface area contributed by atoms with Crippen LogP contribution in [-0.2, 0) is 4.79 Å². The molecule has 0 bridgehead atoms. The molecule has 0 aromatic heterocycles. The van der Waals surface area contributed by atoms with E-state index in [4.69, 9.17) is 11.6 Å². The largest absolute Gasteiger partial charge is 0.507 e. The Morgan fingerprint density at radius 2 is 1.75 bits per heavy atom. The van der Waals surface area contributed by atoms with Gasteiger partial charge in [-0.15, -0.1) is 0 Å². The van der Waals surface area contributed by atoms with Crippen LogP contribution in [0.2, 0.25) is 5.02 Å². The van der Waals surface area contributed by atoms with Gasteiger partial charge >= 0.3 is 0 Å². The van der Waals surface area contributed by atoms with E-state index in [1.807, 2.05) is 12.1 Å². The molecule has 3 aromatic rings. The molecular weight excluding hydrogens is 434 g/mol. The molecule has 4 N–H and O–H groups in total. The molecule has 1 atom stereocenters. The van der Waals surface area contributed by atoms with Gasteiger partial charge in [0, 0.05) is 17.0 Å². The summed E-state index contributed by atoms with van der Waals surface area (Å²) >= 11 is 5.85. The molecule has 1 aliphatic heterocycles. The highest BCUT2D eigenvalue weighted by atomic mass is 35.5. The van der Waals surface area contributed by atoms with Crippen molar-refractivity contribution in [1.29, 1.82) is 0 Å². The third-order valence-corrected chi connectivity index (χ3v) is 5.68. The maximum atomic E-state index is 13.1. The van der Waals surface area contributed by atoms with Crippen LogP contribution in [0, 0.1) is 0 Å². The fraction of sp³-hybridized carbons (Fsp3) is 0.174. The SMILES string of the molecule is O=C(NNC(=O)C1CCCN1C(=O)c1ccc2ccccc2c1O)c1cc(Cl)ccc1O. The molecule has 1 saturated heterocycles. The van der Waals surface area contributed by atoms with Crippen molar-refractivity contribution in [2.24, 2.45) is 0 Å². The van der Waals surface area contributed by atoms with Crippen molar-refractivity contribution in [3.05, 3.63) is 70.7 Å². The minimum atomic E-state index is -0.818. The fourth-order valence-corrected chi connectivity index (χ4v) is 4.00. The van der Waals surface area contributed by atoms with Gasteiger partial charge in [0.15, 0.2) is 0 Å². The first kappa shape index (κ1) is 21.5. The molecule has 8 nitrogen and oxygen atoms in total. The first-order valence-electron chi connectivity index (χ1n) is 9.97. The van der Waals surface area contributed by atoms with Gasteiger partial charge in [0.2, 0.25) is 0 Å². The molecule has 4 rings (SSSR count). The monoisotopic (exact) mass is 453 g/mol. The summed E-state index contributed by atoms with van der Waals surface area (Å²) in [7, 11) is 0. The first-order valence-corrected chi connectivity index (χ1v) is 10.3. The summed E-state index contributed by atoms with van der Waals surface area (Å²) in [6.45, 7) is 0.339. The summed E-state index contributed by atoms with van der Waals surface area (Å²) in [5.74, 6) is -2.22. The lowest BCUT2D eigenvalue weighted by Crippen LogP contribution is -2.51. The van der Waals surface area contributed by atoms with Gasteiger partial charge in [-0.1, -0.05) is 41.9 Å². The Balaban J connectivity index is 1.48. The molecule has 0 saturated carbocycles. The summed E-state index contributed by atoms with van der Waals surface area (Å²) in [5, 5.41) is 22.0. The molecule has 0 aliphatic carbocycles. The predicted molar refractivity (Wildman–Crippen MR) is 118 cm³/mol. The van der Waals surface area contributed by atoms with Crippen molar-refractivity contribution in [2.45, 2.75) is 18.9 Å². The first-order chi connectivity index (χ1) is 15.4. The van der Waals surface area contributed by atoms with Gasteiger partial charge in [-0.2, -0.15) is 0 Å². The Morgan fingerprint density at radius 3 is 2.56 bits per heavy atom. The van der Waals surface area contributed by atoms with E-state index in [-0.39, 0.29) is 27.6 Å². The van der Waals surface area contributed by atoms with Crippen LogP contribution < -0.4 is 10.9 Å². The van der Waals surface area contributed by atoms with Crippen LogP contribution in [0.4, 0.5) is 0 Å². The maximum Gasteiger partial charge on any atom is 0.273 e. The smallest absolute Gasteiger partial charge is 0.273 e. The van der Waals surface area contributed by atoms with Crippen LogP contribution in [0.25, 0.3) is 10.8 Å². The lowest BCUT2D eigenvalue weighted by atomic mass is 10.0. The Kier molecular flexibility index (Phi) is 5.87. The average molecular weight is 454 g/mol. The highest BCUT2D eigenvalue weighted by molar-refractivity contribution is 6.31. The van der Waals surface area contributed by atoms with Crippen molar-refractivity contribution in [1.82, 2.24) is 15.8 Å². The van der Waals surface area contributed by atoms with E-state index < -0.39 is 23.8 Å². The molecule has 1 fully saturated rings. The van der Waals surface area contributed by atoms with E-state index in [1.54, 1.807) is 18.2 Å². The molecule has 1 heterocycles. The van der Waals surface area contributed by atoms with Crippen LogP contribution in [0.1, 0.15) is 33.6 Å². The molecule has 3 aromatic carbocycles. The third kappa shape index (κ3) is 4.04. The molecule has 0 radical (unpaired) electrons. The van der Waals surface area contributed by atoms with Crippen molar-refractivity contribution >= 4 is 40.1 Å². The number of fused-ring (bicyclic) bond motifs is 1. The number of phenols is 2. The summed E-state index contributed by atoms with van der Waals surface area (Å²) in [6.07, 6.45) is 1.01. The van der Waals surface area contributed by atoms with Crippen LogP contribution in [0.5, 0.6) is 11.5 Å². The van der Waals surface area contributed by atoms with Gasteiger partial charge < -0.3 is 15.1 Å². The number of nitrogens with zero attached hydrogens (tertiary/aromatic N) is 1. The number of likely N-dealkylation sites (tertiary alicyclic amines) is 1.